The van der Waals surface area contributed by atoms with Crippen LogP contribution >= 0.6 is 0 Å². The number of ether oxygens (including phenoxy) is 1. The molecule has 0 spiro atoms. The van der Waals surface area contributed by atoms with Gasteiger partial charge in [0, 0.05) is 0 Å². The Bertz CT molecular complexity index is 361. The molecule has 2 N–H and O–H groups in total. The van der Waals surface area contributed by atoms with Crippen molar-refractivity contribution in [1.29, 1.82) is 0 Å². The molecule has 2 rings (SSSR count). The number of nitrogens with zero attached hydrogens (tertiary/aromatic N) is 1. The molecule has 0 bridgehead atoms. The highest BCUT2D eigenvalue weighted by Crippen LogP contribution is 2.11. The standard InChI is InChI=1S/C11H13FN2O/c12-9-4-1-8(2-5-9)3-6-10-7-15-11(13)14-10/h1-2,4-5,10H,3,6-7H2,(H2,13,14)/t10-/m1/s1. The van der Waals surface area contributed by atoms with Crippen LogP contribution in [0, 0.1) is 5.82 Å². The van der Waals surface area contributed by atoms with Crippen molar-refractivity contribution in [3.63, 3.8) is 0 Å². The summed E-state index contributed by atoms with van der Waals surface area (Å²) in [6.07, 6.45) is 1.75. The maximum absolute atomic E-state index is 12.6. The molecule has 1 aliphatic heterocycles. The average Bonchev–Trinajstić information content (AvgIpc) is 2.64. The molecule has 4 heteroatoms. The van der Waals surface area contributed by atoms with Crippen molar-refractivity contribution in [3.8, 4) is 0 Å². The van der Waals surface area contributed by atoms with Crippen LogP contribution in [0.2, 0.25) is 0 Å². The molecule has 0 unspecified atom stereocenters. The lowest BCUT2D eigenvalue weighted by Gasteiger charge is -2.04. The van der Waals surface area contributed by atoms with Gasteiger partial charge in [0.2, 0.25) is 0 Å². The third-order valence-electron chi connectivity index (χ3n) is 2.41. The number of aryl methyl sites for hydroxylation is 1. The second-order valence-corrected chi connectivity index (χ2v) is 3.60. The average molecular weight is 208 g/mol. The Labute approximate surface area is 87.8 Å². The molecule has 0 fully saturated rings. The van der Waals surface area contributed by atoms with E-state index in [-0.39, 0.29) is 17.9 Å². The van der Waals surface area contributed by atoms with Crippen LogP contribution in [0.1, 0.15) is 12.0 Å². The third kappa shape index (κ3) is 2.68. The lowest BCUT2D eigenvalue weighted by molar-refractivity contribution is 0.308. The van der Waals surface area contributed by atoms with Crippen molar-refractivity contribution < 1.29 is 9.13 Å². The summed E-state index contributed by atoms with van der Waals surface area (Å²) in [5.74, 6) is -0.204. The number of benzene rings is 1. The first-order valence-corrected chi connectivity index (χ1v) is 4.94. The smallest absolute Gasteiger partial charge is 0.282 e. The number of nitrogens with two attached hydrogens (primary N) is 1. The minimum atomic E-state index is -0.204. The van der Waals surface area contributed by atoms with Gasteiger partial charge in [-0.05, 0) is 30.5 Å². The zero-order valence-electron chi connectivity index (χ0n) is 8.32. The number of amidine groups is 1. The first-order chi connectivity index (χ1) is 7.24. The van der Waals surface area contributed by atoms with Crippen LogP contribution in [0.25, 0.3) is 0 Å². The van der Waals surface area contributed by atoms with Gasteiger partial charge in [-0.1, -0.05) is 12.1 Å². The van der Waals surface area contributed by atoms with Gasteiger partial charge in [-0.15, -0.1) is 0 Å². The third-order valence-corrected chi connectivity index (χ3v) is 2.41. The molecule has 0 saturated heterocycles. The van der Waals surface area contributed by atoms with E-state index in [9.17, 15) is 4.39 Å². The number of halogens is 1. The molecule has 0 radical (unpaired) electrons. The summed E-state index contributed by atoms with van der Waals surface area (Å²) in [4.78, 5) is 4.12. The van der Waals surface area contributed by atoms with E-state index in [1.165, 1.54) is 12.1 Å². The second kappa shape index (κ2) is 4.29. The van der Waals surface area contributed by atoms with Gasteiger partial charge in [0.25, 0.3) is 6.02 Å². The maximum Gasteiger partial charge on any atom is 0.282 e. The van der Waals surface area contributed by atoms with Gasteiger partial charge < -0.3 is 10.5 Å². The molecule has 0 aromatic heterocycles. The van der Waals surface area contributed by atoms with Crippen LogP contribution in [-0.4, -0.2) is 18.7 Å². The Morgan fingerprint density at radius 1 is 1.40 bits per heavy atom. The molecule has 0 saturated carbocycles. The highest BCUT2D eigenvalue weighted by Gasteiger charge is 2.15. The summed E-state index contributed by atoms with van der Waals surface area (Å²) >= 11 is 0. The van der Waals surface area contributed by atoms with Gasteiger partial charge in [0.1, 0.15) is 12.4 Å². The Balaban J connectivity index is 1.86. The molecule has 1 atom stereocenters. The van der Waals surface area contributed by atoms with Crippen LogP contribution in [0.4, 0.5) is 4.39 Å². The monoisotopic (exact) mass is 208 g/mol. The summed E-state index contributed by atoms with van der Waals surface area (Å²) in [5, 5.41) is 0. The molecule has 1 aromatic carbocycles. The van der Waals surface area contributed by atoms with Crippen molar-refractivity contribution in [2.45, 2.75) is 18.9 Å². The largest absolute Gasteiger partial charge is 0.463 e. The quantitative estimate of drug-likeness (QED) is 0.817. The van der Waals surface area contributed by atoms with E-state index < -0.39 is 0 Å². The first-order valence-electron chi connectivity index (χ1n) is 4.94. The summed E-state index contributed by atoms with van der Waals surface area (Å²) in [6, 6.07) is 6.95. The normalized spacial score (nSPS) is 19.8. The SMILES string of the molecule is NC1=N[C@H](CCc2ccc(F)cc2)CO1. The van der Waals surface area contributed by atoms with E-state index in [2.05, 4.69) is 4.99 Å². The number of hydrogen-bond acceptors (Lipinski definition) is 3. The van der Waals surface area contributed by atoms with E-state index in [1.54, 1.807) is 12.1 Å². The molecule has 15 heavy (non-hydrogen) atoms. The molecule has 80 valence electrons. The van der Waals surface area contributed by atoms with Crippen molar-refractivity contribution in [2.24, 2.45) is 10.7 Å². The Morgan fingerprint density at radius 3 is 2.73 bits per heavy atom. The number of hydrogen-bond donors (Lipinski definition) is 1. The predicted molar refractivity (Wildman–Crippen MR) is 56.1 cm³/mol. The Kier molecular flexibility index (Phi) is 2.85. The molecule has 3 nitrogen and oxygen atoms in total. The van der Waals surface area contributed by atoms with E-state index >= 15 is 0 Å². The zero-order chi connectivity index (χ0) is 10.7. The highest BCUT2D eigenvalue weighted by atomic mass is 19.1. The number of rotatable bonds is 3. The number of aliphatic imine (C=N–C) groups is 1. The van der Waals surface area contributed by atoms with Crippen molar-refractivity contribution in [2.75, 3.05) is 6.61 Å². The summed E-state index contributed by atoms with van der Waals surface area (Å²) in [6.45, 7) is 0.563. The predicted octanol–water partition coefficient (Wildman–Crippen LogP) is 1.47. The van der Waals surface area contributed by atoms with E-state index in [1.807, 2.05) is 0 Å². The van der Waals surface area contributed by atoms with Gasteiger partial charge in [0.05, 0.1) is 6.04 Å². The fourth-order valence-corrected chi connectivity index (χ4v) is 1.57. The molecular formula is C11H13FN2O. The molecule has 0 amide bonds. The van der Waals surface area contributed by atoms with Crippen molar-refractivity contribution in [1.82, 2.24) is 0 Å². The second-order valence-electron chi connectivity index (χ2n) is 3.60. The van der Waals surface area contributed by atoms with Gasteiger partial charge in [-0.25, -0.2) is 9.38 Å². The molecule has 1 aliphatic rings. The fraction of sp³-hybridized carbons (Fsp3) is 0.364. The lowest BCUT2D eigenvalue weighted by atomic mass is 10.1. The highest BCUT2D eigenvalue weighted by molar-refractivity contribution is 5.72. The van der Waals surface area contributed by atoms with Gasteiger partial charge in [-0.3, -0.25) is 0 Å². The van der Waals surface area contributed by atoms with E-state index in [4.69, 9.17) is 10.5 Å². The minimum Gasteiger partial charge on any atom is -0.463 e. The van der Waals surface area contributed by atoms with E-state index in [0.29, 0.717) is 6.61 Å². The van der Waals surface area contributed by atoms with Gasteiger partial charge in [0.15, 0.2) is 0 Å². The zero-order valence-corrected chi connectivity index (χ0v) is 8.32. The fourth-order valence-electron chi connectivity index (χ4n) is 1.57. The first kappa shape index (κ1) is 9.96. The summed E-state index contributed by atoms with van der Waals surface area (Å²) in [5.41, 5.74) is 6.50. The molecule has 0 aliphatic carbocycles. The molecular weight excluding hydrogens is 195 g/mol. The van der Waals surface area contributed by atoms with Gasteiger partial charge >= 0.3 is 0 Å². The van der Waals surface area contributed by atoms with Crippen molar-refractivity contribution >= 4 is 6.02 Å². The van der Waals surface area contributed by atoms with Crippen LogP contribution < -0.4 is 5.73 Å². The summed E-state index contributed by atoms with van der Waals surface area (Å²) < 4.78 is 17.7. The van der Waals surface area contributed by atoms with Crippen LogP contribution in [0.3, 0.4) is 0 Å². The van der Waals surface area contributed by atoms with Crippen LogP contribution in [0.5, 0.6) is 0 Å². The van der Waals surface area contributed by atoms with Crippen LogP contribution in [-0.2, 0) is 11.2 Å². The summed E-state index contributed by atoms with van der Waals surface area (Å²) in [7, 11) is 0. The van der Waals surface area contributed by atoms with E-state index in [0.717, 1.165) is 18.4 Å². The Morgan fingerprint density at radius 2 is 2.13 bits per heavy atom. The van der Waals surface area contributed by atoms with Crippen LogP contribution in [0.15, 0.2) is 29.3 Å². The molecule has 1 aromatic rings. The topological polar surface area (TPSA) is 47.6 Å². The maximum atomic E-state index is 12.6. The lowest BCUT2D eigenvalue weighted by Crippen LogP contribution is -2.10. The Hall–Kier alpha value is -1.58. The van der Waals surface area contributed by atoms with Gasteiger partial charge in [-0.2, -0.15) is 0 Å². The minimum absolute atomic E-state index is 0.148. The van der Waals surface area contributed by atoms with Crippen molar-refractivity contribution in [3.05, 3.63) is 35.6 Å². The molecule has 1 heterocycles.